The molecule has 0 aromatic carbocycles. The number of ether oxygens (including phenoxy) is 1. The Labute approximate surface area is 169 Å². The number of likely N-dealkylation sites (tertiary alicyclic amines) is 2. The zero-order valence-corrected chi connectivity index (χ0v) is 17.3. The standard InChI is InChI=1S/C22H37N3O3/c26-21-15-18(16-25(21)19-7-3-1-2-4-8-19)22(27)24-10-6-5-9-20(24)17-23-11-13-28-14-12-23/h18-20H,1-17H2. The Morgan fingerprint density at radius 3 is 2.39 bits per heavy atom. The van der Waals surface area contributed by atoms with Crippen LogP contribution in [0.15, 0.2) is 0 Å². The van der Waals surface area contributed by atoms with E-state index in [2.05, 4.69) is 14.7 Å². The van der Waals surface area contributed by atoms with Gasteiger partial charge < -0.3 is 14.5 Å². The van der Waals surface area contributed by atoms with Gasteiger partial charge in [0.1, 0.15) is 0 Å². The van der Waals surface area contributed by atoms with Crippen molar-refractivity contribution in [2.75, 3.05) is 45.9 Å². The van der Waals surface area contributed by atoms with Crippen molar-refractivity contribution in [3.63, 3.8) is 0 Å². The number of piperidine rings is 1. The molecule has 0 N–H and O–H groups in total. The van der Waals surface area contributed by atoms with Crippen LogP contribution in [0.2, 0.25) is 0 Å². The highest BCUT2D eigenvalue weighted by Crippen LogP contribution is 2.30. The first-order valence-electron chi connectivity index (χ1n) is 11.6. The molecular weight excluding hydrogens is 354 g/mol. The summed E-state index contributed by atoms with van der Waals surface area (Å²) in [7, 11) is 0. The van der Waals surface area contributed by atoms with Crippen LogP contribution in [0.5, 0.6) is 0 Å². The summed E-state index contributed by atoms with van der Waals surface area (Å²) in [5, 5.41) is 0. The summed E-state index contributed by atoms with van der Waals surface area (Å²) in [5.74, 6) is 0.329. The highest BCUT2D eigenvalue weighted by atomic mass is 16.5. The monoisotopic (exact) mass is 391 g/mol. The van der Waals surface area contributed by atoms with Gasteiger partial charge >= 0.3 is 0 Å². The molecule has 0 spiro atoms. The molecule has 0 aromatic heterocycles. The van der Waals surface area contributed by atoms with Crippen LogP contribution in [0.25, 0.3) is 0 Å². The molecule has 158 valence electrons. The fourth-order valence-corrected chi connectivity index (χ4v) is 5.62. The molecule has 0 bridgehead atoms. The van der Waals surface area contributed by atoms with Crippen molar-refractivity contribution in [2.24, 2.45) is 5.92 Å². The van der Waals surface area contributed by atoms with Gasteiger partial charge in [0.25, 0.3) is 0 Å². The van der Waals surface area contributed by atoms with Gasteiger partial charge in [-0.15, -0.1) is 0 Å². The Hall–Kier alpha value is -1.14. The minimum Gasteiger partial charge on any atom is -0.379 e. The zero-order valence-electron chi connectivity index (χ0n) is 17.3. The molecule has 4 aliphatic rings. The van der Waals surface area contributed by atoms with Gasteiger partial charge in [-0.1, -0.05) is 25.7 Å². The van der Waals surface area contributed by atoms with Crippen LogP contribution >= 0.6 is 0 Å². The molecular formula is C22H37N3O3. The molecule has 6 heteroatoms. The Morgan fingerprint density at radius 1 is 0.929 bits per heavy atom. The van der Waals surface area contributed by atoms with E-state index in [4.69, 9.17) is 4.74 Å². The molecule has 1 saturated carbocycles. The lowest BCUT2D eigenvalue weighted by molar-refractivity contribution is -0.140. The van der Waals surface area contributed by atoms with Gasteiger partial charge in [0.2, 0.25) is 11.8 Å². The van der Waals surface area contributed by atoms with E-state index >= 15 is 0 Å². The highest BCUT2D eigenvalue weighted by molar-refractivity contribution is 5.89. The average Bonchev–Trinajstić information content (AvgIpc) is 2.92. The fourth-order valence-electron chi connectivity index (χ4n) is 5.62. The minimum atomic E-state index is -0.124. The Morgan fingerprint density at radius 2 is 1.64 bits per heavy atom. The van der Waals surface area contributed by atoms with Crippen LogP contribution in [0.3, 0.4) is 0 Å². The molecule has 1 aliphatic carbocycles. The first kappa shape index (κ1) is 20.1. The summed E-state index contributed by atoms with van der Waals surface area (Å²) >= 11 is 0. The molecule has 2 unspecified atom stereocenters. The largest absolute Gasteiger partial charge is 0.379 e. The molecule has 3 aliphatic heterocycles. The van der Waals surface area contributed by atoms with Gasteiger partial charge in [-0.2, -0.15) is 0 Å². The van der Waals surface area contributed by atoms with Gasteiger partial charge in [-0.05, 0) is 32.1 Å². The fraction of sp³-hybridized carbons (Fsp3) is 0.909. The SMILES string of the molecule is O=C1CC(C(=O)N2CCCCC2CN2CCOCC2)CN1C1CCCCCC1. The molecule has 4 rings (SSSR count). The van der Waals surface area contributed by atoms with E-state index in [0.29, 0.717) is 25.0 Å². The molecule has 2 atom stereocenters. The van der Waals surface area contributed by atoms with E-state index in [9.17, 15) is 9.59 Å². The summed E-state index contributed by atoms with van der Waals surface area (Å²) in [4.78, 5) is 32.8. The molecule has 3 saturated heterocycles. The third-order valence-corrected chi connectivity index (χ3v) is 7.26. The maximum atomic E-state index is 13.4. The van der Waals surface area contributed by atoms with E-state index in [-0.39, 0.29) is 17.7 Å². The normalized spacial score (nSPS) is 31.2. The first-order chi connectivity index (χ1) is 13.7. The van der Waals surface area contributed by atoms with Crippen LogP contribution in [0, 0.1) is 5.92 Å². The molecule has 3 heterocycles. The van der Waals surface area contributed by atoms with E-state index in [1.807, 2.05) is 0 Å². The van der Waals surface area contributed by atoms with E-state index < -0.39 is 0 Å². The highest BCUT2D eigenvalue weighted by Gasteiger charge is 2.41. The third-order valence-electron chi connectivity index (χ3n) is 7.26. The number of nitrogens with zero attached hydrogens (tertiary/aromatic N) is 3. The van der Waals surface area contributed by atoms with Crippen LogP contribution in [0.4, 0.5) is 0 Å². The van der Waals surface area contributed by atoms with Gasteiger partial charge in [-0.25, -0.2) is 0 Å². The number of carbonyl (C=O) groups is 2. The second kappa shape index (κ2) is 9.57. The van der Waals surface area contributed by atoms with Gasteiger partial charge in [-0.3, -0.25) is 14.5 Å². The number of amides is 2. The Kier molecular flexibility index (Phi) is 6.89. The smallest absolute Gasteiger partial charge is 0.228 e. The lowest BCUT2D eigenvalue weighted by atomic mass is 9.98. The molecule has 0 aromatic rings. The molecule has 4 fully saturated rings. The Bertz CT molecular complexity index is 541. The number of rotatable bonds is 4. The van der Waals surface area contributed by atoms with Gasteiger partial charge in [0.15, 0.2) is 0 Å². The summed E-state index contributed by atoms with van der Waals surface area (Å²) in [6.07, 6.45) is 11.1. The number of morpholine rings is 1. The van der Waals surface area contributed by atoms with Crippen molar-refractivity contribution < 1.29 is 14.3 Å². The molecule has 0 radical (unpaired) electrons. The van der Waals surface area contributed by atoms with Crippen LogP contribution in [-0.2, 0) is 14.3 Å². The van der Waals surface area contributed by atoms with Crippen LogP contribution in [0.1, 0.15) is 64.2 Å². The third kappa shape index (κ3) is 4.70. The summed E-state index contributed by atoms with van der Waals surface area (Å²) in [5.41, 5.74) is 0. The summed E-state index contributed by atoms with van der Waals surface area (Å²) < 4.78 is 5.47. The number of hydrogen-bond donors (Lipinski definition) is 0. The van der Waals surface area contributed by atoms with Gasteiger partial charge in [0, 0.05) is 51.2 Å². The Balaban J connectivity index is 1.37. The van der Waals surface area contributed by atoms with Crippen molar-refractivity contribution in [3.8, 4) is 0 Å². The quantitative estimate of drug-likeness (QED) is 0.690. The van der Waals surface area contributed by atoms with Crippen LogP contribution in [-0.4, -0.2) is 84.5 Å². The van der Waals surface area contributed by atoms with Crippen molar-refractivity contribution in [3.05, 3.63) is 0 Å². The summed E-state index contributed by atoms with van der Waals surface area (Å²) in [6, 6.07) is 0.680. The number of hydrogen-bond acceptors (Lipinski definition) is 4. The van der Waals surface area contributed by atoms with E-state index in [1.54, 1.807) is 0 Å². The molecule has 6 nitrogen and oxygen atoms in total. The number of carbonyl (C=O) groups excluding carboxylic acids is 2. The molecule has 2 amide bonds. The van der Waals surface area contributed by atoms with Crippen molar-refractivity contribution >= 4 is 11.8 Å². The average molecular weight is 392 g/mol. The maximum Gasteiger partial charge on any atom is 0.228 e. The van der Waals surface area contributed by atoms with Gasteiger partial charge in [0.05, 0.1) is 19.1 Å². The van der Waals surface area contributed by atoms with Crippen molar-refractivity contribution in [2.45, 2.75) is 76.3 Å². The predicted molar refractivity (Wildman–Crippen MR) is 108 cm³/mol. The zero-order chi connectivity index (χ0) is 19.3. The summed E-state index contributed by atoms with van der Waals surface area (Å²) in [6.45, 7) is 6.02. The van der Waals surface area contributed by atoms with E-state index in [0.717, 1.165) is 65.1 Å². The first-order valence-corrected chi connectivity index (χ1v) is 11.6. The van der Waals surface area contributed by atoms with Crippen molar-refractivity contribution in [1.29, 1.82) is 0 Å². The second-order valence-corrected chi connectivity index (χ2v) is 9.19. The predicted octanol–water partition coefficient (Wildman–Crippen LogP) is 2.27. The topological polar surface area (TPSA) is 53.1 Å². The van der Waals surface area contributed by atoms with E-state index in [1.165, 1.54) is 32.1 Å². The molecule has 28 heavy (non-hydrogen) atoms. The maximum absolute atomic E-state index is 13.4. The second-order valence-electron chi connectivity index (χ2n) is 9.19. The van der Waals surface area contributed by atoms with Crippen LogP contribution < -0.4 is 0 Å². The van der Waals surface area contributed by atoms with Crippen molar-refractivity contribution in [1.82, 2.24) is 14.7 Å². The minimum absolute atomic E-state index is 0.124. The lowest BCUT2D eigenvalue weighted by Crippen LogP contribution is -2.53. The lowest BCUT2D eigenvalue weighted by Gasteiger charge is -2.40.